The molecule has 0 amide bonds. The number of rotatable bonds is 3. The van der Waals surface area contributed by atoms with Crippen LogP contribution in [0.4, 0.5) is 0 Å². The summed E-state index contributed by atoms with van der Waals surface area (Å²) in [5.74, 6) is 0.867. The summed E-state index contributed by atoms with van der Waals surface area (Å²) in [7, 11) is 1.49. The predicted octanol–water partition coefficient (Wildman–Crippen LogP) is 2.80. The van der Waals surface area contributed by atoms with Gasteiger partial charge in [0.15, 0.2) is 11.5 Å². The van der Waals surface area contributed by atoms with Crippen LogP contribution in [0, 0.1) is 0 Å². The normalized spacial score (nSPS) is 9.90. The van der Waals surface area contributed by atoms with Crippen LogP contribution in [0.15, 0.2) is 54.6 Å². The van der Waals surface area contributed by atoms with Crippen molar-refractivity contribution >= 4 is 6.08 Å². The van der Waals surface area contributed by atoms with Crippen molar-refractivity contribution in [3.63, 3.8) is 0 Å². The van der Waals surface area contributed by atoms with Crippen LogP contribution in [0.25, 0.3) is 6.08 Å². The Kier molecular flexibility index (Phi) is 6.71. The first-order valence-electron chi connectivity index (χ1n) is 6.05. The number of ether oxygens (including phenoxy) is 1. The van der Waals surface area contributed by atoms with Crippen molar-refractivity contribution in [2.45, 2.75) is 0 Å². The minimum absolute atomic E-state index is 0.00317. The van der Waals surface area contributed by atoms with Gasteiger partial charge in [-0.2, -0.15) is 0 Å². The van der Waals surface area contributed by atoms with Crippen molar-refractivity contribution in [1.82, 2.24) is 0 Å². The molecule has 2 aromatic rings. The average molecular weight is 274 g/mol. The summed E-state index contributed by atoms with van der Waals surface area (Å²) in [4.78, 5) is 0. The van der Waals surface area contributed by atoms with E-state index in [1.807, 2.05) is 6.07 Å². The first-order chi connectivity index (χ1) is 9.67. The van der Waals surface area contributed by atoms with Crippen molar-refractivity contribution in [2.24, 2.45) is 0 Å². The molecule has 0 aliphatic carbocycles. The predicted molar refractivity (Wildman–Crippen MR) is 78.9 cm³/mol. The maximum atomic E-state index is 9.26. The van der Waals surface area contributed by atoms with Gasteiger partial charge in [0.1, 0.15) is 5.75 Å². The van der Waals surface area contributed by atoms with Gasteiger partial charge < -0.3 is 20.1 Å². The SMILES string of the molecule is COc1cc(C=CCO)ccc1O.Oc1ccccc1. The van der Waals surface area contributed by atoms with E-state index in [-0.39, 0.29) is 12.4 Å². The fraction of sp³-hybridized carbons (Fsp3) is 0.125. The van der Waals surface area contributed by atoms with Crippen LogP contribution in [0.1, 0.15) is 5.56 Å². The summed E-state index contributed by atoms with van der Waals surface area (Å²) in [6, 6.07) is 13.7. The van der Waals surface area contributed by atoms with Crippen molar-refractivity contribution < 1.29 is 20.1 Å². The standard InChI is InChI=1S/C10H12O3.C6H6O/c1-13-10-7-8(3-2-6-11)4-5-9(10)12;7-6-4-2-1-3-5-6/h2-5,7,11-12H,6H2,1H3;1-5,7H. The maximum absolute atomic E-state index is 9.26. The van der Waals surface area contributed by atoms with Gasteiger partial charge in [0.2, 0.25) is 0 Å². The quantitative estimate of drug-likeness (QED) is 0.805. The van der Waals surface area contributed by atoms with E-state index in [2.05, 4.69) is 0 Å². The zero-order valence-electron chi connectivity index (χ0n) is 11.2. The molecule has 106 valence electrons. The molecule has 0 aliphatic rings. The Morgan fingerprint density at radius 3 is 2.25 bits per heavy atom. The molecule has 0 aliphatic heterocycles. The summed E-state index contributed by atoms with van der Waals surface area (Å²) in [6.45, 7) is 0.00317. The van der Waals surface area contributed by atoms with Crippen molar-refractivity contribution in [3.05, 3.63) is 60.2 Å². The second-order valence-corrected chi connectivity index (χ2v) is 3.85. The summed E-state index contributed by atoms with van der Waals surface area (Å²) in [5.41, 5.74) is 0.878. The van der Waals surface area contributed by atoms with Crippen LogP contribution in [0.5, 0.6) is 17.2 Å². The van der Waals surface area contributed by atoms with Crippen LogP contribution in [-0.2, 0) is 0 Å². The Labute approximate surface area is 118 Å². The van der Waals surface area contributed by atoms with Crippen LogP contribution in [0.2, 0.25) is 0 Å². The van der Waals surface area contributed by atoms with E-state index in [0.29, 0.717) is 11.5 Å². The molecule has 0 saturated heterocycles. The van der Waals surface area contributed by atoms with Gasteiger partial charge in [-0.05, 0) is 29.8 Å². The van der Waals surface area contributed by atoms with Crippen molar-refractivity contribution in [2.75, 3.05) is 13.7 Å². The van der Waals surface area contributed by atoms with Gasteiger partial charge in [0.25, 0.3) is 0 Å². The smallest absolute Gasteiger partial charge is 0.161 e. The fourth-order valence-electron chi connectivity index (χ4n) is 1.41. The molecule has 0 bridgehead atoms. The molecule has 3 N–H and O–H groups in total. The van der Waals surface area contributed by atoms with Gasteiger partial charge in [0, 0.05) is 0 Å². The molecule has 4 nitrogen and oxygen atoms in total. The van der Waals surface area contributed by atoms with Gasteiger partial charge in [-0.3, -0.25) is 0 Å². The van der Waals surface area contributed by atoms with E-state index in [0.717, 1.165) is 5.56 Å². The summed E-state index contributed by atoms with van der Waals surface area (Å²) in [5, 5.41) is 26.4. The Morgan fingerprint density at radius 1 is 1.05 bits per heavy atom. The molecule has 2 rings (SSSR count). The van der Waals surface area contributed by atoms with Gasteiger partial charge in [-0.15, -0.1) is 0 Å². The zero-order valence-corrected chi connectivity index (χ0v) is 11.2. The van der Waals surface area contributed by atoms with Gasteiger partial charge >= 0.3 is 0 Å². The van der Waals surface area contributed by atoms with Crippen LogP contribution < -0.4 is 4.74 Å². The van der Waals surface area contributed by atoms with E-state index in [1.165, 1.54) is 7.11 Å². The van der Waals surface area contributed by atoms with Crippen LogP contribution in [-0.4, -0.2) is 29.0 Å². The molecule has 0 saturated carbocycles. The Bertz CT molecular complexity index is 535. The lowest BCUT2D eigenvalue weighted by Gasteiger charge is -2.03. The van der Waals surface area contributed by atoms with E-state index in [9.17, 15) is 5.11 Å². The molecular formula is C16H18O4. The Morgan fingerprint density at radius 2 is 1.75 bits per heavy atom. The van der Waals surface area contributed by atoms with Crippen molar-refractivity contribution in [1.29, 1.82) is 0 Å². The number of phenols is 2. The molecule has 0 aromatic heterocycles. The number of methoxy groups -OCH3 is 1. The molecule has 0 fully saturated rings. The third kappa shape index (κ3) is 5.46. The van der Waals surface area contributed by atoms with Gasteiger partial charge in [-0.1, -0.05) is 36.4 Å². The second-order valence-electron chi connectivity index (χ2n) is 3.85. The highest BCUT2D eigenvalue weighted by Gasteiger charge is 1.99. The molecule has 0 atom stereocenters. The summed E-state index contributed by atoms with van der Waals surface area (Å²) in [6.07, 6.45) is 3.37. The number of aromatic hydroxyl groups is 2. The highest BCUT2D eigenvalue weighted by atomic mass is 16.5. The number of para-hydroxylation sites is 1. The average Bonchev–Trinajstić information content (AvgIpc) is 2.48. The lowest BCUT2D eigenvalue weighted by atomic mass is 10.2. The highest BCUT2D eigenvalue weighted by molar-refractivity contribution is 5.55. The van der Waals surface area contributed by atoms with E-state index < -0.39 is 0 Å². The molecule has 0 heterocycles. The Balaban J connectivity index is 0.000000240. The number of hydrogen-bond donors (Lipinski definition) is 3. The lowest BCUT2D eigenvalue weighted by molar-refractivity contribution is 0.343. The summed E-state index contributed by atoms with van der Waals surface area (Å²) >= 11 is 0. The van der Waals surface area contributed by atoms with Gasteiger partial charge in [-0.25, -0.2) is 0 Å². The van der Waals surface area contributed by atoms with Crippen LogP contribution >= 0.6 is 0 Å². The summed E-state index contributed by atoms with van der Waals surface area (Å²) < 4.78 is 4.92. The minimum atomic E-state index is 0.00317. The maximum Gasteiger partial charge on any atom is 0.161 e. The van der Waals surface area contributed by atoms with E-state index in [1.54, 1.807) is 54.6 Å². The topological polar surface area (TPSA) is 69.9 Å². The largest absolute Gasteiger partial charge is 0.508 e. The highest BCUT2D eigenvalue weighted by Crippen LogP contribution is 2.26. The number of aliphatic hydroxyl groups is 1. The molecular weight excluding hydrogens is 256 g/mol. The van der Waals surface area contributed by atoms with Crippen LogP contribution in [0.3, 0.4) is 0 Å². The number of benzene rings is 2. The zero-order chi connectivity index (χ0) is 14.8. The number of aliphatic hydroxyl groups excluding tert-OH is 1. The molecule has 4 heteroatoms. The van der Waals surface area contributed by atoms with Crippen molar-refractivity contribution in [3.8, 4) is 17.2 Å². The van der Waals surface area contributed by atoms with E-state index >= 15 is 0 Å². The molecule has 0 radical (unpaired) electrons. The van der Waals surface area contributed by atoms with E-state index in [4.69, 9.17) is 14.9 Å². The Hall–Kier alpha value is -2.46. The number of hydrogen-bond acceptors (Lipinski definition) is 4. The molecule has 0 spiro atoms. The molecule has 20 heavy (non-hydrogen) atoms. The lowest BCUT2D eigenvalue weighted by Crippen LogP contribution is -1.84. The third-order valence-electron chi connectivity index (χ3n) is 2.38. The third-order valence-corrected chi connectivity index (χ3v) is 2.38. The minimum Gasteiger partial charge on any atom is -0.508 e. The molecule has 0 unspecified atom stereocenters. The fourth-order valence-corrected chi connectivity index (χ4v) is 1.41. The first kappa shape index (κ1) is 15.6. The monoisotopic (exact) mass is 274 g/mol. The number of phenolic OH excluding ortho intramolecular Hbond substituents is 2. The molecule has 2 aromatic carbocycles. The second kappa shape index (κ2) is 8.61. The van der Waals surface area contributed by atoms with Gasteiger partial charge in [0.05, 0.1) is 13.7 Å². The first-order valence-corrected chi connectivity index (χ1v) is 6.05.